The molecule has 0 bridgehead atoms. The molecule has 3 rings (SSSR count). The van der Waals surface area contributed by atoms with Crippen molar-refractivity contribution in [3.63, 3.8) is 0 Å². The van der Waals surface area contributed by atoms with E-state index < -0.39 is 0 Å². The molecule has 1 aromatic carbocycles. The molecule has 1 N–H and O–H groups in total. The normalized spacial score (nSPS) is 24.4. The van der Waals surface area contributed by atoms with Gasteiger partial charge in [-0.3, -0.25) is 4.90 Å². The van der Waals surface area contributed by atoms with Crippen molar-refractivity contribution in [3.8, 4) is 5.75 Å². The van der Waals surface area contributed by atoms with Crippen LogP contribution < -0.4 is 10.1 Å². The number of nitrogens with one attached hydrogen (secondary N) is 1. The van der Waals surface area contributed by atoms with Gasteiger partial charge >= 0.3 is 0 Å². The van der Waals surface area contributed by atoms with Crippen LogP contribution in [0.1, 0.15) is 24.8 Å². The number of hydrogen-bond acceptors (Lipinski definition) is 3. The van der Waals surface area contributed by atoms with Gasteiger partial charge in [0.25, 0.3) is 0 Å². The van der Waals surface area contributed by atoms with Gasteiger partial charge in [-0.25, -0.2) is 0 Å². The number of benzene rings is 1. The summed E-state index contributed by atoms with van der Waals surface area (Å²) in [4.78, 5) is 2.54. The van der Waals surface area contributed by atoms with Crippen LogP contribution in [0, 0.1) is 5.92 Å². The lowest BCUT2D eigenvalue weighted by Gasteiger charge is -2.25. The average molecular weight is 295 g/mol. The maximum absolute atomic E-state index is 6.13. The van der Waals surface area contributed by atoms with E-state index in [-0.39, 0.29) is 0 Å². The van der Waals surface area contributed by atoms with Gasteiger partial charge in [-0.1, -0.05) is 11.6 Å². The molecule has 110 valence electrons. The molecule has 2 fully saturated rings. The summed E-state index contributed by atoms with van der Waals surface area (Å²) in [6.45, 7) is 4.35. The van der Waals surface area contributed by atoms with E-state index in [1.54, 1.807) is 7.11 Å². The zero-order valence-corrected chi connectivity index (χ0v) is 12.8. The molecule has 2 aliphatic rings. The molecule has 1 heterocycles. The third kappa shape index (κ3) is 3.46. The van der Waals surface area contributed by atoms with E-state index >= 15 is 0 Å². The van der Waals surface area contributed by atoms with Gasteiger partial charge in [0, 0.05) is 29.7 Å². The van der Waals surface area contributed by atoms with Crippen LogP contribution in [0.3, 0.4) is 0 Å². The van der Waals surface area contributed by atoms with E-state index in [4.69, 9.17) is 16.3 Å². The first-order valence-corrected chi connectivity index (χ1v) is 7.92. The first kappa shape index (κ1) is 14.2. The minimum atomic E-state index is 0.669. The van der Waals surface area contributed by atoms with Gasteiger partial charge in [-0.15, -0.1) is 0 Å². The SMILES string of the molecule is COc1ccc(Cl)cc1CN1CCCNC(C2CC2)C1. The molecule has 1 atom stereocenters. The van der Waals surface area contributed by atoms with Crippen LogP contribution >= 0.6 is 11.6 Å². The van der Waals surface area contributed by atoms with Crippen LogP contribution in [0.4, 0.5) is 0 Å². The Balaban J connectivity index is 1.70. The second-order valence-corrected chi connectivity index (χ2v) is 6.38. The van der Waals surface area contributed by atoms with E-state index in [9.17, 15) is 0 Å². The quantitative estimate of drug-likeness (QED) is 0.924. The van der Waals surface area contributed by atoms with Crippen LogP contribution in [0.5, 0.6) is 5.75 Å². The Labute approximate surface area is 126 Å². The lowest BCUT2D eigenvalue weighted by atomic mass is 10.1. The van der Waals surface area contributed by atoms with Crippen molar-refractivity contribution in [3.05, 3.63) is 28.8 Å². The Kier molecular flexibility index (Phi) is 4.49. The van der Waals surface area contributed by atoms with Gasteiger partial charge in [0.15, 0.2) is 0 Å². The van der Waals surface area contributed by atoms with Crippen LogP contribution in [-0.4, -0.2) is 37.7 Å². The minimum absolute atomic E-state index is 0.669. The number of nitrogens with zero attached hydrogens (tertiary/aromatic N) is 1. The van der Waals surface area contributed by atoms with Crippen molar-refractivity contribution < 1.29 is 4.74 Å². The van der Waals surface area contributed by atoms with Crippen molar-refractivity contribution >= 4 is 11.6 Å². The van der Waals surface area contributed by atoms with Gasteiger partial charge in [-0.05, 0) is 56.5 Å². The van der Waals surface area contributed by atoms with Crippen molar-refractivity contribution in [2.75, 3.05) is 26.7 Å². The second kappa shape index (κ2) is 6.33. The van der Waals surface area contributed by atoms with Crippen LogP contribution in [0.2, 0.25) is 5.02 Å². The first-order chi connectivity index (χ1) is 9.76. The van der Waals surface area contributed by atoms with Gasteiger partial charge < -0.3 is 10.1 Å². The summed E-state index contributed by atoms with van der Waals surface area (Å²) in [6, 6.07) is 6.56. The van der Waals surface area contributed by atoms with Crippen molar-refractivity contribution in [1.29, 1.82) is 0 Å². The summed E-state index contributed by atoms with van der Waals surface area (Å²) in [5.74, 6) is 1.84. The Morgan fingerprint density at radius 3 is 3.00 bits per heavy atom. The van der Waals surface area contributed by atoms with Crippen LogP contribution in [-0.2, 0) is 6.54 Å². The molecular formula is C16H23ClN2O. The number of rotatable bonds is 4. The number of hydrogen-bond donors (Lipinski definition) is 1. The average Bonchev–Trinajstić information content (AvgIpc) is 3.25. The van der Waals surface area contributed by atoms with E-state index in [0.717, 1.165) is 42.9 Å². The Hall–Kier alpha value is -0.770. The third-order valence-electron chi connectivity index (χ3n) is 4.34. The molecule has 0 radical (unpaired) electrons. The molecule has 1 saturated carbocycles. The highest BCUT2D eigenvalue weighted by Gasteiger charge is 2.33. The lowest BCUT2D eigenvalue weighted by Crippen LogP contribution is -2.39. The maximum atomic E-state index is 6.13. The topological polar surface area (TPSA) is 24.5 Å². The first-order valence-electron chi connectivity index (χ1n) is 7.54. The fourth-order valence-electron chi connectivity index (χ4n) is 3.09. The fraction of sp³-hybridized carbons (Fsp3) is 0.625. The highest BCUT2D eigenvalue weighted by atomic mass is 35.5. The fourth-order valence-corrected chi connectivity index (χ4v) is 3.29. The molecule has 0 amide bonds. The maximum Gasteiger partial charge on any atom is 0.123 e. The van der Waals surface area contributed by atoms with Crippen molar-refractivity contribution in [2.24, 2.45) is 5.92 Å². The zero-order chi connectivity index (χ0) is 13.9. The predicted molar refractivity (Wildman–Crippen MR) is 82.4 cm³/mol. The standard InChI is InChI=1S/C16H23ClN2O/c1-20-16-6-5-14(17)9-13(16)10-19-8-2-7-18-15(11-19)12-3-4-12/h5-6,9,12,15,18H,2-4,7-8,10-11H2,1H3. The highest BCUT2D eigenvalue weighted by molar-refractivity contribution is 6.30. The van der Waals surface area contributed by atoms with E-state index in [2.05, 4.69) is 10.2 Å². The third-order valence-corrected chi connectivity index (χ3v) is 4.58. The minimum Gasteiger partial charge on any atom is -0.496 e. The lowest BCUT2D eigenvalue weighted by molar-refractivity contribution is 0.247. The molecule has 1 aliphatic heterocycles. The van der Waals surface area contributed by atoms with Crippen LogP contribution in [0.25, 0.3) is 0 Å². The van der Waals surface area contributed by atoms with Crippen LogP contribution in [0.15, 0.2) is 18.2 Å². The number of ether oxygens (including phenoxy) is 1. The molecule has 3 nitrogen and oxygen atoms in total. The predicted octanol–water partition coefficient (Wildman–Crippen LogP) is 2.92. The van der Waals surface area contributed by atoms with Gasteiger partial charge in [0.05, 0.1) is 7.11 Å². The van der Waals surface area contributed by atoms with Crippen molar-refractivity contribution in [1.82, 2.24) is 10.2 Å². The summed E-state index contributed by atoms with van der Waals surface area (Å²) in [5.41, 5.74) is 1.19. The summed E-state index contributed by atoms with van der Waals surface area (Å²) < 4.78 is 5.46. The zero-order valence-electron chi connectivity index (χ0n) is 12.1. The molecule has 20 heavy (non-hydrogen) atoms. The Morgan fingerprint density at radius 2 is 2.25 bits per heavy atom. The molecule has 1 aromatic rings. The van der Waals surface area contributed by atoms with Gasteiger partial charge in [-0.2, -0.15) is 0 Å². The molecule has 0 aromatic heterocycles. The summed E-state index contributed by atoms with van der Waals surface area (Å²) in [5, 5.41) is 4.49. The molecule has 1 aliphatic carbocycles. The summed E-state index contributed by atoms with van der Waals surface area (Å²) >= 11 is 6.13. The second-order valence-electron chi connectivity index (χ2n) is 5.94. The summed E-state index contributed by atoms with van der Waals surface area (Å²) in [7, 11) is 1.73. The molecule has 4 heteroatoms. The van der Waals surface area contributed by atoms with Crippen molar-refractivity contribution in [2.45, 2.75) is 31.8 Å². The monoisotopic (exact) mass is 294 g/mol. The Bertz CT molecular complexity index is 462. The van der Waals surface area contributed by atoms with E-state index in [0.29, 0.717) is 6.04 Å². The van der Waals surface area contributed by atoms with E-state index in [1.807, 2.05) is 18.2 Å². The largest absolute Gasteiger partial charge is 0.496 e. The molecule has 0 spiro atoms. The highest BCUT2D eigenvalue weighted by Crippen LogP contribution is 2.34. The molecule has 1 saturated heterocycles. The molecule has 1 unspecified atom stereocenters. The Morgan fingerprint density at radius 1 is 1.40 bits per heavy atom. The van der Waals surface area contributed by atoms with E-state index in [1.165, 1.54) is 24.8 Å². The molecular weight excluding hydrogens is 272 g/mol. The van der Waals surface area contributed by atoms with Gasteiger partial charge in [0.1, 0.15) is 5.75 Å². The number of methoxy groups -OCH3 is 1. The summed E-state index contributed by atoms with van der Waals surface area (Å²) in [6.07, 6.45) is 4.00. The number of halogens is 1. The smallest absolute Gasteiger partial charge is 0.123 e. The van der Waals surface area contributed by atoms with Gasteiger partial charge in [0.2, 0.25) is 0 Å².